The van der Waals surface area contributed by atoms with Gasteiger partial charge in [-0.3, -0.25) is 37.3 Å². The van der Waals surface area contributed by atoms with Crippen LogP contribution in [-0.4, -0.2) is 96.7 Å². The summed E-state index contributed by atoms with van der Waals surface area (Å²) in [5.41, 5.74) is 0. The Morgan fingerprint density at radius 1 is 0.272 bits per heavy atom. The SMILES string of the molecule is CC(C)CCCCCCCCCCCCCCCCCCC(=O)O[C@H](COC(=O)CCCCCCCCCC(C)C)COP(=O)(O)OC[C@@H](O)COP(=O)(O)OC[C@@H](COC(=O)CCCCCCCCC(C)C)OC(=O)CCCCCCCCCCCCCC(C)C. The molecule has 0 aliphatic rings. The number of carbonyl (C=O) groups excluding carboxylic acids is 4. The molecule has 546 valence electrons. The molecule has 19 heteroatoms. The first-order valence-corrected chi connectivity index (χ1v) is 40.7. The van der Waals surface area contributed by atoms with Crippen LogP contribution in [0.4, 0.5) is 0 Å². The predicted octanol–water partition coefficient (Wildman–Crippen LogP) is 20.9. The highest BCUT2D eigenvalue weighted by atomic mass is 31.2. The lowest BCUT2D eigenvalue weighted by atomic mass is 10.0. The second kappa shape index (κ2) is 62.6. The molecule has 0 heterocycles. The number of unbranched alkanes of at least 4 members (excludes halogenated alkanes) is 36. The van der Waals surface area contributed by atoms with Crippen molar-refractivity contribution in [3.8, 4) is 0 Å². The first kappa shape index (κ1) is 90.1. The number of ether oxygens (including phenoxy) is 4. The van der Waals surface area contributed by atoms with Crippen LogP contribution in [0.15, 0.2) is 0 Å². The van der Waals surface area contributed by atoms with E-state index in [1.54, 1.807) is 0 Å². The molecule has 3 N–H and O–H groups in total. The lowest BCUT2D eigenvalue weighted by molar-refractivity contribution is -0.161. The van der Waals surface area contributed by atoms with Crippen molar-refractivity contribution in [2.24, 2.45) is 23.7 Å². The molecular formula is C73H142O17P2. The minimum atomic E-state index is -4.95. The third kappa shape index (κ3) is 66.7. The summed E-state index contributed by atoms with van der Waals surface area (Å²) in [6.07, 6.45) is 46.1. The summed E-state index contributed by atoms with van der Waals surface area (Å²) in [7, 11) is -9.91. The molecule has 0 aromatic rings. The molecular weight excluding hydrogens is 1210 g/mol. The molecule has 0 fully saturated rings. The van der Waals surface area contributed by atoms with Gasteiger partial charge in [0.2, 0.25) is 0 Å². The molecule has 0 aliphatic carbocycles. The normalized spacial score (nSPS) is 14.2. The van der Waals surface area contributed by atoms with E-state index in [9.17, 15) is 43.2 Å². The number of carbonyl (C=O) groups is 4. The van der Waals surface area contributed by atoms with Crippen LogP contribution in [0.2, 0.25) is 0 Å². The van der Waals surface area contributed by atoms with Gasteiger partial charge in [-0.2, -0.15) is 0 Å². The van der Waals surface area contributed by atoms with Crippen LogP contribution >= 0.6 is 15.6 Å². The first-order chi connectivity index (χ1) is 44.1. The van der Waals surface area contributed by atoms with Gasteiger partial charge in [0, 0.05) is 25.7 Å². The van der Waals surface area contributed by atoms with E-state index in [-0.39, 0.29) is 25.7 Å². The summed E-state index contributed by atoms with van der Waals surface area (Å²) < 4.78 is 68.3. The van der Waals surface area contributed by atoms with Gasteiger partial charge in [-0.05, 0) is 49.4 Å². The van der Waals surface area contributed by atoms with Crippen LogP contribution in [0.3, 0.4) is 0 Å². The first-order valence-electron chi connectivity index (χ1n) is 37.7. The number of rotatable bonds is 70. The maximum atomic E-state index is 13.0. The fraction of sp³-hybridized carbons (Fsp3) is 0.945. The van der Waals surface area contributed by atoms with Gasteiger partial charge in [-0.15, -0.1) is 0 Å². The van der Waals surface area contributed by atoms with Crippen molar-refractivity contribution >= 4 is 39.5 Å². The maximum Gasteiger partial charge on any atom is 0.472 e. The van der Waals surface area contributed by atoms with Gasteiger partial charge in [0.15, 0.2) is 12.2 Å². The second-order valence-electron chi connectivity index (χ2n) is 28.2. The van der Waals surface area contributed by atoms with Gasteiger partial charge in [0.1, 0.15) is 19.3 Å². The van der Waals surface area contributed by atoms with Crippen molar-refractivity contribution < 1.29 is 80.2 Å². The molecule has 0 aromatic carbocycles. The standard InChI is InChI=1S/C73H142O17P2/c1-63(2)49-41-33-25-20-16-13-11-9-10-12-14-18-22-28-39-47-55-72(77)89-68(59-83-70(75)53-45-37-30-24-27-35-43-51-65(5)6)61-87-91(79,80)85-57-67(74)58-86-92(81,82)88-62-69(60-84-71(76)54-46-38-32-31-36-44-52-66(7)8)90-73(78)56-48-40-29-23-19-15-17-21-26-34-42-50-64(3)4/h63-69,74H,9-62H2,1-8H3,(H,79,80)(H,81,82)/t67-,68-,69-/m1/s1. The Morgan fingerprint density at radius 2 is 0.457 bits per heavy atom. The van der Waals surface area contributed by atoms with Crippen molar-refractivity contribution in [2.45, 2.75) is 382 Å². The van der Waals surface area contributed by atoms with E-state index in [2.05, 4.69) is 55.4 Å². The summed E-state index contributed by atoms with van der Waals surface area (Å²) >= 11 is 0. The van der Waals surface area contributed by atoms with Crippen molar-refractivity contribution in [3.05, 3.63) is 0 Å². The Bertz CT molecular complexity index is 1820. The lowest BCUT2D eigenvalue weighted by Gasteiger charge is -2.21. The summed E-state index contributed by atoms with van der Waals surface area (Å²) in [5.74, 6) is 0.831. The zero-order chi connectivity index (χ0) is 68.2. The molecule has 0 bridgehead atoms. The molecule has 17 nitrogen and oxygen atoms in total. The monoisotopic (exact) mass is 1350 g/mol. The molecule has 0 saturated carbocycles. The average Bonchev–Trinajstić information content (AvgIpc) is 3.65. The molecule has 92 heavy (non-hydrogen) atoms. The summed E-state index contributed by atoms with van der Waals surface area (Å²) in [5, 5.41) is 10.6. The number of hydrogen-bond donors (Lipinski definition) is 3. The third-order valence-electron chi connectivity index (χ3n) is 16.8. The Morgan fingerprint density at radius 3 is 0.674 bits per heavy atom. The van der Waals surface area contributed by atoms with Crippen LogP contribution in [0.1, 0.15) is 364 Å². The summed E-state index contributed by atoms with van der Waals surface area (Å²) in [6, 6.07) is 0. The molecule has 0 spiro atoms. The smallest absolute Gasteiger partial charge is 0.462 e. The Labute approximate surface area is 562 Å². The molecule has 0 radical (unpaired) electrons. The third-order valence-corrected chi connectivity index (χ3v) is 18.7. The fourth-order valence-electron chi connectivity index (χ4n) is 11.0. The number of esters is 4. The summed E-state index contributed by atoms with van der Waals surface area (Å²) in [6.45, 7) is 14.1. The minimum absolute atomic E-state index is 0.105. The average molecular weight is 1350 g/mol. The Balaban J connectivity index is 5.20. The van der Waals surface area contributed by atoms with E-state index in [0.717, 1.165) is 115 Å². The quantitative estimate of drug-likeness (QED) is 0.0222. The van der Waals surface area contributed by atoms with Gasteiger partial charge < -0.3 is 33.8 Å². The molecule has 0 rings (SSSR count). The molecule has 0 aromatic heterocycles. The molecule has 0 amide bonds. The summed E-state index contributed by atoms with van der Waals surface area (Å²) in [4.78, 5) is 72.6. The van der Waals surface area contributed by atoms with Crippen LogP contribution < -0.4 is 0 Å². The maximum absolute atomic E-state index is 13.0. The minimum Gasteiger partial charge on any atom is -0.462 e. The number of aliphatic hydroxyl groups excluding tert-OH is 1. The highest BCUT2D eigenvalue weighted by Crippen LogP contribution is 2.45. The van der Waals surface area contributed by atoms with E-state index < -0.39 is 97.5 Å². The van der Waals surface area contributed by atoms with E-state index in [4.69, 9.17) is 37.0 Å². The van der Waals surface area contributed by atoms with Gasteiger partial charge in [0.05, 0.1) is 26.4 Å². The highest BCUT2D eigenvalue weighted by molar-refractivity contribution is 7.47. The van der Waals surface area contributed by atoms with Crippen molar-refractivity contribution in [2.75, 3.05) is 39.6 Å². The number of phosphoric ester groups is 2. The largest absolute Gasteiger partial charge is 0.472 e. The van der Waals surface area contributed by atoms with Gasteiger partial charge >= 0.3 is 39.5 Å². The Hall–Kier alpha value is -1.94. The zero-order valence-corrected chi connectivity index (χ0v) is 62.0. The predicted molar refractivity (Wildman–Crippen MR) is 372 cm³/mol. The number of phosphoric acid groups is 2. The molecule has 5 atom stereocenters. The van der Waals surface area contributed by atoms with E-state index in [1.807, 2.05) is 0 Å². The topological polar surface area (TPSA) is 237 Å². The fourth-order valence-corrected chi connectivity index (χ4v) is 12.6. The Kier molecular flexibility index (Phi) is 61.3. The van der Waals surface area contributed by atoms with Crippen molar-refractivity contribution in [1.82, 2.24) is 0 Å². The lowest BCUT2D eigenvalue weighted by Crippen LogP contribution is -2.30. The van der Waals surface area contributed by atoms with Gasteiger partial charge in [0.25, 0.3) is 0 Å². The zero-order valence-electron chi connectivity index (χ0n) is 60.2. The van der Waals surface area contributed by atoms with Crippen molar-refractivity contribution in [1.29, 1.82) is 0 Å². The van der Waals surface area contributed by atoms with E-state index >= 15 is 0 Å². The van der Waals surface area contributed by atoms with Crippen LogP contribution in [0.25, 0.3) is 0 Å². The second-order valence-corrected chi connectivity index (χ2v) is 31.1. The van der Waals surface area contributed by atoms with Crippen molar-refractivity contribution in [3.63, 3.8) is 0 Å². The van der Waals surface area contributed by atoms with Crippen LogP contribution in [-0.2, 0) is 65.4 Å². The highest BCUT2D eigenvalue weighted by Gasteiger charge is 2.30. The van der Waals surface area contributed by atoms with Crippen LogP contribution in [0.5, 0.6) is 0 Å². The number of hydrogen-bond acceptors (Lipinski definition) is 15. The number of aliphatic hydroxyl groups is 1. The molecule has 2 unspecified atom stereocenters. The van der Waals surface area contributed by atoms with Crippen LogP contribution in [0, 0.1) is 23.7 Å². The molecule has 0 saturated heterocycles. The van der Waals surface area contributed by atoms with Gasteiger partial charge in [-0.25, -0.2) is 9.13 Å². The van der Waals surface area contributed by atoms with Gasteiger partial charge in [-0.1, -0.05) is 312 Å². The van der Waals surface area contributed by atoms with E-state index in [0.29, 0.717) is 37.5 Å². The van der Waals surface area contributed by atoms with E-state index in [1.165, 1.54) is 154 Å². The molecule has 0 aliphatic heterocycles.